The molecule has 1 amide bonds. The number of aromatic nitrogens is 1. The summed E-state index contributed by atoms with van der Waals surface area (Å²) < 4.78 is 0. The summed E-state index contributed by atoms with van der Waals surface area (Å²) in [6.45, 7) is 0. The van der Waals surface area contributed by atoms with Gasteiger partial charge < -0.3 is 0 Å². The van der Waals surface area contributed by atoms with Gasteiger partial charge in [0, 0.05) is 21.4 Å². The first-order valence-corrected chi connectivity index (χ1v) is 9.21. The maximum absolute atomic E-state index is 12.3. The van der Waals surface area contributed by atoms with Gasteiger partial charge in [-0.25, -0.2) is 4.98 Å². The Morgan fingerprint density at radius 2 is 2.04 bits per heavy atom. The normalized spacial score (nSPS) is 10.2. The van der Waals surface area contributed by atoms with Crippen molar-refractivity contribution in [3.63, 3.8) is 0 Å². The Balaban J connectivity index is 1.75. The highest BCUT2D eigenvalue weighted by Gasteiger charge is 2.10. The highest BCUT2D eigenvalue weighted by atomic mass is 32.2. The molecule has 0 saturated heterocycles. The van der Waals surface area contributed by atoms with Crippen LogP contribution in [0, 0.1) is 11.3 Å². The van der Waals surface area contributed by atoms with Crippen LogP contribution in [-0.2, 0) is 0 Å². The van der Waals surface area contributed by atoms with Crippen molar-refractivity contribution in [3.05, 3.63) is 65.0 Å². The van der Waals surface area contributed by atoms with Gasteiger partial charge >= 0.3 is 0 Å². The van der Waals surface area contributed by atoms with Crippen molar-refractivity contribution >= 4 is 34.1 Å². The SMILES string of the molecule is CSc1cccc(C(=O)Nc2nc(-c3ccc(C#N)cc3)cs2)c1. The highest BCUT2D eigenvalue weighted by molar-refractivity contribution is 7.98. The van der Waals surface area contributed by atoms with Crippen LogP contribution in [0.25, 0.3) is 11.3 Å². The molecular weight excluding hydrogens is 338 g/mol. The fraction of sp³-hybridized carbons (Fsp3) is 0.0556. The van der Waals surface area contributed by atoms with Gasteiger partial charge in [-0.1, -0.05) is 18.2 Å². The van der Waals surface area contributed by atoms with Gasteiger partial charge in [-0.3, -0.25) is 10.1 Å². The van der Waals surface area contributed by atoms with Crippen LogP contribution in [0.2, 0.25) is 0 Å². The fourth-order valence-corrected chi connectivity index (χ4v) is 3.29. The molecule has 1 N–H and O–H groups in total. The molecule has 0 saturated carbocycles. The number of thiazole rings is 1. The summed E-state index contributed by atoms with van der Waals surface area (Å²) >= 11 is 2.97. The third kappa shape index (κ3) is 3.65. The summed E-state index contributed by atoms with van der Waals surface area (Å²) in [4.78, 5) is 17.8. The van der Waals surface area contributed by atoms with E-state index in [1.807, 2.05) is 42.0 Å². The average molecular weight is 351 g/mol. The van der Waals surface area contributed by atoms with Gasteiger partial charge in [-0.05, 0) is 36.6 Å². The summed E-state index contributed by atoms with van der Waals surface area (Å²) in [6, 6.07) is 16.8. The zero-order chi connectivity index (χ0) is 16.9. The molecule has 0 aliphatic carbocycles. The molecule has 0 aliphatic heterocycles. The summed E-state index contributed by atoms with van der Waals surface area (Å²) in [5, 5.41) is 14.1. The minimum absolute atomic E-state index is 0.174. The number of carbonyl (C=O) groups is 1. The standard InChI is InChI=1S/C18H13N3OS2/c1-23-15-4-2-3-14(9-15)17(22)21-18-20-16(11-24-18)13-7-5-12(10-19)6-8-13/h2-9,11H,1H3,(H,20,21,22). The predicted octanol–water partition coefficient (Wildman–Crippen LogP) is 4.66. The number of hydrogen-bond donors (Lipinski definition) is 1. The second kappa shape index (κ2) is 7.30. The number of nitrogens with one attached hydrogen (secondary N) is 1. The summed E-state index contributed by atoms with van der Waals surface area (Å²) in [6.07, 6.45) is 1.97. The molecule has 0 spiro atoms. The molecule has 6 heteroatoms. The molecule has 24 heavy (non-hydrogen) atoms. The van der Waals surface area contributed by atoms with Crippen LogP contribution in [0.1, 0.15) is 15.9 Å². The Bertz CT molecular complexity index is 911. The van der Waals surface area contributed by atoms with Crippen LogP contribution in [0.15, 0.2) is 58.8 Å². The van der Waals surface area contributed by atoms with E-state index in [4.69, 9.17) is 5.26 Å². The topological polar surface area (TPSA) is 65.8 Å². The molecule has 2 aromatic carbocycles. The van der Waals surface area contributed by atoms with Gasteiger partial charge in [-0.15, -0.1) is 23.1 Å². The third-order valence-corrected chi connectivity index (χ3v) is 4.85. The molecule has 0 aliphatic rings. The molecule has 118 valence electrons. The van der Waals surface area contributed by atoms with E-state index in [1.165, 1.54) is 11.3 Å². The molecule has 1 aromatic heterocycles. The van der Waals surface area contributed by atoms with E-state index < -0.39 is 0 Å². The molecule has 0 fully saturated rings. The van der Waals surface area contributed by atoms with Gasteiger partial charge in [-0.2, -0.15) is 5.26 Å². The van der Waals surface area contributed by atoms with Crippen molar-refractivity contribution in [2.24, 2.45) is 0 Å². The van der Waals surface area contributed by atoms with E-state index in [0.717, 1.165) is 16.2 Å². The molecule has 0 atom stereocenters. The number of benzene rings is 2. The van der Waals surface area contributed by atoms with Crippen LogP contribution in [0.3, 0.4) is 0 Å². The maximum Gasteiger partial charge on any atom is 0.257 e. The van der Waals surface area contributed by atoms with Crippen molar-refractivity contribution in [1.82, 2.24) is 4.98 Å². The number of amides is 1. The Labute approximate surface area is 148 Å². The van der Waals surface area contributed by atoms with Crippen molar-refractivity contribution in [3.8, 4) is 17.3 Å². The number of rotatable bonds is 4. The smallest absolute Gasteiger partial charge is 0.257 e. The van der Waals surface area contributed by atoms with Crippen LogP contribution in [0.5, 0.6) is 0 Å². The maximum atomic E-state index is 12.3. The summed E-state index contributed by atoms with van der Waals surface area (Å²) in [5.41, 5.74) is 2.90. The largest absolute Gasteiger partial charge is 0.298 e. The van der Waals surface area contributed by atoms with Crippen molar-refractivity contribution in [2.75, 3.05) is 11.6 Å². The third-order valence-electron chi connectivity index (χ3n) is 3.37. The minimum Gasteiger partial charge on any atom is -0.298 e. The number of nitriles is 1. The summed E-state index contributed by atoms with van der Waals surface area (Å²) in [5.74, 6) is -0.174. The number of hydrogen-bond acceptors (Lipinski definition) is 5. The van der Waals surface area contributed by atoms with Crippen molar-refractivity contribution in [1.29, 1.82) is 5.26 Å². The quantitative estimate of drug-likeness (QED) is 0.695. The lowest BCUT2D eigenvalue weighted by molar-refractivity contribution is 0.102. The summed E-state index contributed by atoms with van der Waals surface area (Å²) in [7, 11) is 0. The first kappa shape index (κ1) is 16.2. The van der Waals surface area contributed by atoms with E-state index in [1.54, 1.807) is 30.0 Å². The van der Waals surface area contributed by atoms with Gasteiger partial charge in [0.15, 0.2) is 5.13 Å². The Morgan fingerprint density at radius 1 is 1.25 bits per heavy atom. The van der Waals surface area contributed by atoms with E-state index in [0.29, 0.717) is 16.3 Å². The molecule has 0 bridgehead atoms. The van der Waals surface area contributed by atoms with Gasteiger partial charge in [0.1, 0.15) is 0 Å². The highest BCUT2D eigenvalue weighted by Crippen LogP contribution is 2.25. The van der Waals surface area contributed by atoms with E-state index >= 15 is 0 Å². The number of nitrogens with zero attached hydrogens (tertiary/aromatic N) is 2. The van der Waals surface area contributed by atoms with Crippen LogP contribution in [0.4, 0.5) is 5.13 Å². The van der Waals surface area contributed by atoms with E-state index in [-0.39, 0.29) is 5.91 Å². The predicted molar refractivity (Wildman–Crippen MR) is 98.4 cm³/mol. The van der Waals surface area contributed by atoms with Crippen LogP contribution in [-0.4, -0.2) is 17.1 Å². The van der Waals surface area contributed by atoms with Gasteiger partial charge in [0.2, 0.25) is 0 Å². The zero-order valence-corrected chi connectivity index (χ0v) is 14.4. The lowest BCUT2D eigenvalue weighted by Crippen LogP contribution is -2.11. The first-order valence-electron chi connectivity index (χ1n) is 7.11. The second-order valence-electron chi connectivity index (χ2n) is 4.91. The minimum atomic E-state index is -0.174. The monoisotopic (exact) mass is 351 g/mol. The number of carbonyl (C=O) groups excluding carboxylic acids is 1. The Morgan fingerprint density at radius 3 is 2.75 bits per heavy atom. The van der Waals surface area contributed by atoms with E-state index in [2.05, 4.69) is 16.4 Å². The molecule has 3 aromatic rings. The van der Waals surface area contributed by atoms with Crippen LogP contribution >= 0.6 is 23.1 Å². The van der Waals surface area contributed by atoms with E-state index in [9.17, 15) is 4.79 Å². The van der Waals surface area contributed by atoms with Crippen LogP contribution < -0.4 is 5.32 Å². The molecule has 1 heterocycles. The van der Waals surface area contributed by atoms with Crippen molar-refractivity contribution < 1.29 is 4.79 Å². The fourth-order valence-electron chi connectivity index (χ4n) is 2.11. The zero-order valence-electron chi connectivity index (χ0n) is 12.8. The number of thioether (sulfide) groups is 1. The first-order chi connectivity index (χ1) is 11.7. The molecule has 0 unspecified atom stereocenters. The molecule has 0 radical (unpaired) electrons. The lowest BCUT2D eigenvalue weighted by Gasteiger charge is -2.03. The molecule has 3 rings (SSSR count). The van der Waals surface area contributed by atoms with Gasteiger partial charge in [0.05, 0.1) is 17.3 Å². The Hall–Kier alpha value is -2.62. The number of anilines is 1. The molecule has 4 nitrogen and oxygen atoms in total. The molecular formula is C18H13N3OS2. The lowest BCUT2D eigenvalue weighted by atomic mass is 10.1. The second-order valence-corrected chi connectivity index (χ2v) is 6.65. The average Bonchev–Trinajstić information content (AvgIpc) is 3.10. The Kier molecular flexibility index (Phi) is 4.94. The van der Waals surface area contributed by atoms with Gasteiger partial charge in [0.25, 0.3) is 5.91 Å². The van der Waals surface area contributed by atoms with Crippen molar-refractivity contribution in [2.45, 2.75) is 4.90 Å².